The first kappa shape index (κ1) is 12.2. The summed E-state index contributed by atoms with van der Waals surface area (Å²) in [5, 5.41) is 21.4. The average molecular weight is 261 g/mol. The molecule has 1 unspecified atom stereocenters. The first-order chi connectivity index (χ1) is 7.53. The van der Waals surface area contributed by atoms with Crippen LogP contribution in [0.3, 0.4) is 0 Å². The van der Waals surface area contributed by atoms with Gasteiger partial charge in [-0.2, -0.15) is 0 Å². The molecule has 0 spiro atoms. The molecule has 16 heavy (non-hydrogen) atoms. The van der Waals surface area contributed by atoms with Crippen LogP contribution in [-0.2, 0) is 0 Å². The number of aliphatic hydroxyl groups is 2. The van der Waals surface area contributed by atoms with E-state index >= 15 is 0 Å². The van der Waals surface area contributed by atoms with Crippen LogP contribution in [-0.4, -0.2) is 15.8 Å². The van der Waals surface area contributed by atoms with Crippen molar-refractivity contribution in [1.29, 1.82) is 0 Å². The normalized spacial score (nSPS) is 21.0. The van der Waals surface area contributed by atoms with Crippen LogP contribution < -0.4 is 0 Å². The summed E-state index contributed by atoms with van der Waals surface area (Å²) in [4.78, 5) is 0. The number of hydrogen-bond acceptors (Lipinski definition) is 2. The van der Waals surface area contributed by atoms with E-state index < -0.39 is 11.7 Å². The highest BCUT2D eigenvalue weighted by molar-refractivity contribution is 6.33. The van der Waals surface area contributed by atoms with E-state index in [0.29, 0.717) is 28.5 Å². The minimum atomic E-state index is -1.05. The van der Waals surface area contributed by atoms with Gasteiger partial charge in [-0.15, -0.1) is 0 Å². The van der Waals surface area contributed by atoms with Gasteiger partial charge in [-0.25, -0.2) is 0 Å². The van der Waals surface area contributed by atoms with Crippen molar-refractivity contribution >= 4 is 23.2 Å². The topological polar surface area (TPSA) is 40.5 Å². The van der Waals surface area contributed by atoms with Gasteiger partial charge in [0.05, 0.1) is 5.60 Å². The van der Waals surface area contributed by atoms with Crippen LogP contribution in [0.1, 0.15) is 37.4 Å². The molecule has 0 radical (unpaired) electrons. The molecule has 2 rings (SSSR count). The van der Waals surface area contributed by atoms with Gasteiger partial charge in [0, 0.05) is 15.6 Å². The molecule has 0 heterocycles. The first-order valence-electron chi connectivity index (χ1n) is 5.38. The lowest BCUT2D eigenvalue weighted by Gasteiger charge is -2.29. The van der Waals surface area contributed by atoms with E-state index in [4.69, 9.17) is 23.2 Å². The molecule has 0 aromatic heterocycles. The lowest BCUT2D eigenvalue weighted by atomic mass is 9.89. The van der Waals surface area contributed by atoms with Gasteiger partial charge in [0.25, 0.3) is 0 Å². The SMILES string of the molecule is OC(c1cc(Cl)ccc1Cl)C1(O)CCCC1. The fourth-order valence-electron chi connectivity index (χ4n) is 2.27. The quantitative estimate of drug-likeness (QED) is 0.857. The van der Waals surface area contributed by atoms with E-state index in [1.807, 2.05) is 0 Å². The van der Waals surface area contributed by atoms with Crippen LogP contribution in [0.4, 0.5) is 0 Å². The highest BCUT2D eigenvalue weighted by Crippen LogP contribution is 2.42. The minimum Gasteiger partial charge on any atom is -0.387 e. The van der Waals surface area contributed by atoms with Gasteiger partial charge in [0.2, 0.25) is 0 Å². The molecule has 2 N–H and O–H groups in total. The summed E-state index contributed by atoms with van der Waals surface area (Å²) >= 11 is 11.9. The minimum absolute atomic E-state index is 0.442. The molecule has 0 bridgehead atoms. The predicted molar refractivity (Wildman–Crippen MR) is 64.8 cm³/mol. The van der Waals surface area contributed by atoms with E-state index in [-0.39, 0.29) is 0 Å². The zero-order valence-corrected chi connectivity index (χ0v) is 10.3. The summed E-state index contributed by atoms with van der Waals surface area (Å²) in [6.07, 6.45) is 2.13. The van der Waals surface area contributed by atoms with E-state index in [1.54, 1.807) is 18.2 Å². The fourth-order valence-corrected chi connectivity index (χ4v) is 2.68. The van der Waals surface area contributed by atoms with Gasteiger partial charge in [0.1, 0.15) is 6.10 Å². The van der Waals surface area contributed by atoms with E-state index in [2.05, 4.69) is 0 Å². The molecule has 0 saturated heterocycles. The molecule has 1 fully saturated rings. The second-order valence-corrected chi connectivity index (χ2v) is 5.22. The van der Waals surface area contributed by atoms with Crippen molar-refractivity contribution in [3.63, 3.8) is 0 Å². The third kappa shape index (κ3) is 2.21. The van der Waals surface area contributed by atoms with Crippen molar-refractivity contribution in [2.24, 2.45) is 0 Å². The standard InChI is InChI=1S/C12H14Cl2O2/c13-8-3-4-10(14)9(7-8)11(15)12(16)5-1-2-6-12/h3-4,7,11,15-16H,1-2,5-6H2. The van der Waals surface area contributed by atoms with Crippen LogP contribution in [0.15, 0.2) is 18.2 Å². The Labute approximate surface area is 105 Å². The van der Waals surface area contributed by atoms with Crippen molar-refractivity contribution in [1.82, 2.24) is 0 Å². The predicted octanol–water partition coefficient (Wildman–Crippen LogP) is 3.33. The van der Waals surface area contributed by atoms with Gasteiger partial charge in [0.15, 0.2) is 0 Å². The maximum Gasteiger partial charge on any atom is 0.109 e. The Bertz CT molecular complexity index is 387. The monoisotopic (exact) mass is 260 g/mol. The summed E-state index contributed by atoms with van der Waals surface area (Å²) in [6.45, 7) is 0. The van der Waals surface area contributed by atoms with E-state index in [9.17, 15) is 10.2 Å². The van der Waals surface area contributed by atoms with Crippen molar-refractivity contribution in [2.75, 3.05) is 0 Å². The molecule has 88 valence electrons. The Morgan fingerprint density at radius 3 is 2.44 bits per heavy atom. The summed E-state index contributed by atoms with van der Waals surface area (Å²) in [5.74, 6) is 0. The smallest absolute Gasteiger partial charge is 0.109 e. The van der Waals surface area contributed by atoms with Gasteiger partial charge < -0.3 is 10.2 Å². The molecule has 1 aromatic carbocycles. The molecule has 1 aromatic rings. The van der Waals surface area contributed by atoms with Crippen LogP contribution in [0.2, 0.25) is 10.0 Å². The summed E-state index contributed by atoms with van der Waals surface area (Å²) in [6, 6.07) is 4.92. The zero-order chi connectivity index (χ0) is 11.8. The molecular formula is C12H14Cl2O2. The Balaban J connectivity index is 2.32. The number of rotatable bonds is 2. The molecule has 1 aliphatic rings. The van der Waals surface area contributed by atoms with Gasteiger partial charge >= 0.3 is 0 Å². The maximum atomic E-state index is 10.3. The van der Waals surface area contributed by atoms with Gasteiger partial charge in [-0.1, -0.05) is 36.0 Å². The van der Waals surface area contributed by atoms with Crippen LogP contribution >= 0.6 is 23.2 Å². The number of aliphatic hydroxyl groups excluding tert-OH is 1. The summed E-state index contributed by atoms with van der Waals surface area (Å²) in [5.41, 5.74) is -0.535. The molecule has 1 saturated carbocycles. The van der Waals surface area contributed by atoms with Crippen molar-refractivity contribution in [3.8, 4) is 0 Å². The Morgan fingerprint density at radius 1 is 1.19 bits per heavy atom. The van der Waals surface area contributed by atoms with Gasteiger partial charge in [-0.3, -0.25) is 0 Å². The Kier molecular flexibility index (Phi) is 3.45. The number of hydrogen-bond donors (Lipinski definition) is 2. The van der Waals surface area contributed by atoms with Crippen LogP contribution in [0.5, 0.6) is 0 Å². The molecule has 0 amide bonds. The van der Waals surface area contributed by atoms with E-state index in [0.717, 1.165) is 12.8 Å². The Morgan fingerprint density at radius 2 is 1.81 bits per heavy atom. The fraction of sp³-hybridized carbons (Fsp3) is 0.500. The summed E-state index contributed by atoms with van der Waals surface area (Å²) < 4.78 is 0. The number of benzene rings is 1. The summed E-state index contributed by atoms with van der Waals surface area (Å²) in [7, 11) is 0. The largest absolute Gasteiger partial charge is 0.387 e. The van der Waals surface area contributed by atoms with Crippen LogP contribution in [0, 0.1) is 0 Å². The third-order valence-electron chi connectivity index (χ3n) is 3.23. The lowest BCUT2D eigenvalue weighted by Crippen LogP contribution is -2.33. The molecule has 0 aliphatic heterocycles. The van der Waals surface area contributed by atoms with E-state index in [1.165, 1.54) is 0 Å². The van der Waals surface area contributed by atoms with Crippen molar-refractivity contribution < 1.29 is 10.2 Å². The van der Waals surface area contributed by atoms with Crippen LogP contribution in [0.25, 0.3) is 0 Å². The number of halogens is 2. The highest BCUT2D eigenvalue weighted by Gasteiger charge is 2.40. The lowest BCUT2D eigenvalue weighted by molar-refractivity contribution is -0.0718. The third-order valence-corrected chi connectivity index (χ3v) is 3.81. The second kappa shape index (κ2) is 4.53. The van der Waals surface area contributed by atoms with Gasteiger partial charge in [-0.05, 0) is 31.0 Å². The molecule has 1 atom stereocenters. The van der Waals surface area contributed by atoms with Crippen molar-refractivity contribution in [2.45, 2.75) is 37.4 Å². The Hall–Kier alpha value is -0.280. The first-order valence-corrected chi connectivity index (χ1v) is 6.14. The molecular weight excluding hydrogens is 247 g/mol. The molecule has 4 heteroatoms. The average Bonchev–Trinajstić information content (AvgIpc) is 2.69. The maximum absolute atomic E-state index is 10.3. The molecule has 2 nitrogen and oxygen atoms in total. The molecule has 1 aliphatic carbocycles. The highest BCUT2D eigenvalue weighted by atomic mass is 35.5. The second-order valence-electron chi connectivity index (χ2n) is 4.38. The zero-order valence-electron chi connectivity index (χ0n) is 8.79. The van der Waals surface area contributed by atoms with Crippen molar-refractivity contribution in [3.05, 3.63) is 33.8 Å².